The molecule has 0 aliphatic rings. The van der Waals surface area contributed by atoms with Crippen LogP contribution in [0.2, 0.25) is 0 Å². The van der Waals surface area contributed by atoms with Gasteiger partial charge in [0.05, 0.1) is 16.8 Å². The molecule has 12 heteroatoms. The Labute approximate surface area is 157 Å². The van der Waals surface area contributed by atoms with Gasteiger partial charge in [0.1, 0.15) is 17.2 Å². The summed E-state index contributed by atoms with van der Waals surface area (Å²) >= 11 is 0.578. The highest BCUT2D eigenvalue weighted by atomic mass is 32.1. The van der Waals surface area contributed by atoms with E-state index in [0.717, 1.165) is 19.2 Å². The van der Waals surface area contributed by atoms with Crippen molar-refractivity contribution in [2.75, 3.05) is 6.61 Å². The number of aromatic nitrogens is 3. The molecule has 0 spiro atoms. The fourth-order valence-electron chi connectivity index (χ4n) is 2.57. The number of nitrogens with zero attached hydrogens (tertiary/aromatic N) is 3. The number of aryl methyl sites for hydroxylation is 1. The van der Waals surface area contributed by atoms with Crippen molar-refractivity contribution in [3.63, 3.8) is 0 Å². The van der Waals surface area contributed by atoms with E-state index in [2.05, 4.69) is 5.10 Å². The van der Waals surface area contributed by atoms with E-state index in [4.69, 9.17) is 4.74 Å². The van der Waals surface area contributed by atoms with Crippen molar-refractivity contribution in [3.05, 3.63) is 49.6 Å². The molecule has 0 unspecified atom stereocenters. The van der Waals surface area contributed by atoms with Crippen LogP contribution in [0, 0.1) is 5.82 Å². The minimum absolute atomic E-state index is 0.0162. The second-order valence-corrected chi connectivity index (χ2v) is 6.56. The number of thiazole rings is 1. The van der Waals surface area contributed by atoms with Gasteiger partial charge in [-0.2, -0.15) is 18.3 Å². The topological polar surface area (TPSA) is 83.2 Å². The highest BCUT2D eigenvalue weighted by molar-refractivity contribution is 7.16. The highest BCUT2D eigenvalue weighted by Gasteiger charge is 2.35. The number of hydrogen-bond donors (Lipinski definition) is 0. The summed E-state index contributed by atoms with van der Waals surface area (Å²) in [5, 5.41) is 3.54. The normalized spacial score (nSPS) is 11.8. The first-order valence-corrected chi connectivity index (χ1v) is 8.54. The summed E-state index contributed by atoms with van der Waals surface area (Å²) in [4.78, 5) is 35.5. The maximum atomic E-state index is 14.5. The molecular weight excluding hydrogens is 406 g/mol. The van der Waals surface area contributed by atoms with E-state index in [1.54, 1.807) is 0 Å². The minimum atomic E-state index is -4.82. The predicted molar refractivity (Wildman–Crippen MR) is 91.9 cm³/mol. The third kappa shape index (κ3) is 3.30. The lowest BCUT2D eigenvalue weighted by atomic mass is 10.1. The molecule has 0 radical (unpaired) electrons. The van der Waals surface area contributed by atoms with Crippen LogP contribution in [0.1, 0.15) is 12.6 Å². The number of fused-ring (bicyclic) bond motifs is 1. The Morgan fingerprint density at radius 1 is 1.25 bits per heavy atom. The number of carbonyl (C=O) groups is 1. The fourth-order valence-corrected chi connectivity index (χ4v) is 3.44. The first kappa shape index (κ1) is 19.7. The molecule has 2 heterocycles. The molecule has 7 nitrogen and oxygen atoms in total. The van der Waals surface area contributed by atoms with Gasteiger partial charge in [-0.25, -0.2) is 13.8 Å². The van der Waals surface area contributed by atoms with Crippen LogP contribution >= 0.6 is 11.3 Å². The molecule has 1 aromatic carbocycles. The maximum Gasteiger partial charge on any atom is 0.433 e. The zero-order chi connectivity index (χ0) is 20.8. The van der Waals surface area contributed by atoms with Gasteiger partial charge >= 0.3 is 17.1 Å². The summed E-state index contributed by atoms with van der Waals surface area (Å²) in [5.41, 5.74) is -3.55. The van der Waals surface area contributed by atoms with Gasteiger partial charge in [-0.05, 0) is 19.1 Å². The fraction of sp³-hybridized carbons (Fsp3) is 0.250. The van der Waals surface area contributed by atoms with Gasteiger partial charge in [0.2, 0.25) is 5.43 Å². The predicted octanol–water partition coefficient (Wildman–Crippen LogP) is 2.99. The smallest absolute Gasteiger partial charge is 0.433 e. The number of halogens is 4. The molecule has 148 valence electrons. The molecule has 0 amide bonds. The van der Waals surface area contributed by atoms with Crippen LogP contribution in [0.5, 0.6) is 0 Å². The van der Waals surface area contributed by atoms with E-state index in [1.807, 2.05) is 0 Å². The van der Waals surface area contributed by atoms with Gasteiger partial charge < -0.3 is 4.74 Å². The monoisotopic (exact) mass is 417 g/mol. The molecular formula is C16H11F4N3O4S. The summed E-state index contributed by atoms with van der Waals surface area (Å²) < 4.78 is 59.2. The van der Waals surface area contributed by atoms with Crippen LogP contribution in [0.15, 0.2) is 27.8 Å². The number of ether oxygens (including phenoxy) is 1. The Kier molecular flexibility index (Phi) is 4.83. The van der Waals surface area contributed by atoms with Crippen LogP contribution in [0.3, 0.4) is 0 Å². The summed E-state index contributed by atoms with van der Waals surface area (Å²) in [6, 6.07) is 2.22. The zero-order valence-electron chi connectivity index (χ0n) is 14.3. The van der Waals surface area contributed by atoms with E-state index in [9.17, 15) is 31.9 Å². The van der Waals surface area contributed by atoms with Crippen LogP contribution in [0.4, 0.5) is 22.4 Å². The number of hydrogen-bond acceptors (Lipinski definition) is 6. The molecule has 0 saturated heterocycles. The van der Waals surface area contributed by atoms with Crippen molar-refractivity contribution in [2.24, 2.45) is 7.05 Å². The number of benzene rings is 1. The number of carbonyl (C=O) groups excluding carboxylic acids is 1. The molecule has 0 fully saturated rings. The molecule has 0 aliphatic carbocycles. The van der Waals surface area contributed by atoms with Gasteiger partial charge in [-0.3, -0.25) is 14.3 Å². The van der Waals surface area contributed by atoms with Crippen molar-refractivity contribution in [3.8, 4) is 11.3 Å². The molecule has 3 aromatic rings. The summed E-state index contributed by atoms with van der Waals surface area (Å²) in [5.74, 6) is -0.978. The molecule has 2 aromatic heterocycles. The van der Waals surface area contributed by atoms with Crippen molar-refractivity contribution < 1.29 is 27.1 Å². The van der Waals surface area contributed by atoms with Crippen molar-refractivity contribution in [1.82, 2.24) is 14.3 Å². The number of rotatable bonds is 2. The average molecular weight is 417 g/mol. The Hall–Kier alpha value is -3.02. The van der Waals surface area contributed by atoms with Gasteiger partial charge in [0.25, 0.3) is 0 Å². The van der Waals surface area contributed by atoms with Gasteiger partial charge in [0.15, 0.2) is 0 Å². The van der Waals surface area contributed by atoms with Gasteiger partial charge in [0, 0.05) is 18.7 Å². The van der Waals surface area contributed by atoms with Crippen molar-refractivity contribution >= 4 is 27.6 Å². The summed E-state index contributed by atoms with van der Waals surface area (Å²) in [6.45, 7) is 1.51. The molecule has 0 bridgehead atoms. The lowest BCUT2D eigenvalue weighted by molar-refractivity contribution is -0.144. The molecule has 0 saturated carbocycles. The van der Waals surface area contributed by atoms with Gasteiger partial charge in [-0.1, -0.05) is 11.3 Å². The van der Waals surface area contributed by atoms with Crippen molar-refractivity contribution in [2.45, 2.75) is 13.1 Å². The second-order valence-electron chi connectivity index (χ2n) is 5.57. The Balaban J connectivity index is 2.27. The van der Waals surface area contributed by atoms with Crippen LogP contribution in [0.25, 0.3) is 21.5 Å². The summed E-state index contributed by atoms with van der Waals surface area (Å²) in [6.07, 6.45) is -5.82. The molecule has 0 atom stereocenters. The highest BCUT2D eigenvalue weighted by Crippen LogP contribution is 2.30. The van der Waals surface area contributed by atoms with E-state index in [1.165, 1.54) is 6.92 Å². The van der Waals surface area contributed by atoms with Crippen molar-refractivity contribution in [1.29, 1.82) is 0 Å². The van der Waals surface area contributed by atoms with E-state index in [-0.39, 0.29) is 16.8 Å². The Bertz CT molecular complexity index is 1210. The lowest BCUT2D eigenvalue weighted by Crippen LogP contribution is -2.24. The van der Waals surface area contributed by atoms with E-state index < -0.39 is 45.3 Å². The second kappa shape index (κ2) is 6.86. The lowest BCUT2D eigenvalue weighted by Gasteiger charge is -2.12. The molecule has 3 rings (SSSR count). The largest absolute Gasteiger partial charge is 0.449 e. The van der Waals surface area contributed by atoms with Crippen LogP contribution < -0.4 is 10.3 Å². The van der Waals surface area contributed by atoms with Crippen LogP contribution in [-0.4, -0.2) is 27.0 Å². The quantitative estimate of drug-likeness (QED) is 0.599. The molecule has 28 heavy (non-hydrogen) atoms. The SMILES string of the molecule is CCOC(=O)n1c(=O)sc2cc(F)c(-c3nn(C)c(C(F)(F)F)cc3=O)cc21. The third-order valence-electron chi connectivity index (χ3n) is 3.77. The Morgan fingerprint density at radius 3 is 2.54 bits per heavy atom. The molecule has 0 N–H and O–H groups in total. The average Bonchev–Trinajstić information content (AvgIpc) is 2.89. The third-order valence-corrected chi connectivity index (χ3v) is 4.67. The number of alkyl halides is 3. The van der Waals surface area contributed by atoms with E-state index in [0.29, 0.717) is 26.7 Å². The first-order valence-electron chi connectivity index (χ1n) is 7.72. The molecule has 0 aliphatic heterocycles. The Morgan fingerprint density at radius 2 is 1.93 bits per heavy atom. The standard InChI is InChI=1S/C16H11F4N3O4S/c1-3-27-14(25)23-9-4-7(8(17)5-11(9)28-15(23)26)13-10(24)6-12(16(18,19)20)22(2)21-13/h4-6H,3H2,1-2H3. The van der Waals surface area contributed by atoms with Crippen LogP contribution in [-0.2, 0) is 18.0 Å². The minimum Gasteiger partial charge on any atom is -0.449 e. The summed E-state index contributed by atoms with van der Waals surface area (Å²) in [7, 11) is 0.960. The van der Waals surface area contributed by atoms with Gasteiger partial charge in [-0.15, -0.1) is 0 Å². The first-order chi connectivity index (χ1) is 13.0. The maximum absolute atomic E-state index is 14.5. The van der Waals surface area contributed by atoms with E-state index >= 15 is 0 Å². The zero-order valence-corrected chi connectivity index (χ0v) is 15.2.